The summed E-state index contributed by atoms with van der Waals surface area (Å²) in [5.74, 6) is -27.6. The normalized spacial score (nSPS) is 24.8. The molecule has 0 saturated carbocycles. The van der Waals surface area contributed by atoms with Crippen LogP contribution in [0.1, 0.15) is 0 Å². The summed E-state index contributed by atoms with van der Waals surface area (Å²) in [5.41, 5.74) is 0. The van der Waals surface area contributed by atoms with Gasteiger partial charge in [0.2, 0.25) is 0 Å². The van der Waals surface area contributed by atoms with Gasteiger partial charge in [-0.1, -0.05) is 0 Å². The van der Waals surface area contributed by atoms with Gasteiger partial charge in [0.25, 0.3) is 0 Å². The SMILES string of the molecule is FC(F)(F)C(F)(F)C1OC1C(F)(F)C(F)(F)C(F)(F)C(F)(F)F. The van der Waals surface area contributed by atoms with E-state index in [2.05, 4.69) is 4.74 Å². The van der Waals surface area contributed by atoms with Gasteiger partial charge in [0.15, 0.2) is 12.2 Å². The third-order valence-electron chi connectivity index (χ3n) is 2.75. The molecule has 0 bridgehead atoms. The number of rotatable bonds is 4. The van der Waals surface area contributed by atoms with Crippen LogP contribution in [0, 0.1) is 0 Å². The lowest BCUT2D eigenvalue weighted by Crippen LogP contribution is -2.63. The fraction of sp³-hybridized carbons (Fsp3) is 1.00. The molecule has 2 atom stereocenters. The van der Waals surface area contributed by atoms with Crippen LogP contribution in [0.5, 0.6) is 0 Å². The van der Waals surface area contributed by atoms with Crippen LogP contribution in [-0.4, -0.2) is 48.3 Å². The average Bonchev–Trinajstić information content (AvgIpc) is 3.05. The zero-order valence-electron chi connectivity index (χ0n) is 9.85. The van der Waals surface area contributed by atoms with Gasteiger partial charge in [-0.25, -0.2) is 0 Å². The third-order valence-corrected chi connectivity index (χ3v) is 2.75. The molecule has 0 aromatic heterocycles. The lowest BCUT2D eigenvalue weighted by atomic mass is 9.97. The molecular formula is C8H2F14O. The summed E-state index contributed by atoms with van der Waals surface area (Å²) in [6, 6.07) is 0. The minimum atomic E-state index is -7.41. The lowest BCUT2D eigenvalue weighted by Gasteiger charge is -2.33. The van der Waals surface area contributed by atoms with Crippen LogP contribution in [-0.2, 0) is 4.74 Å². The maximum absolute atomic E-state index is 13.0. The first kappa shape index (κ1) is 20.0. The third kappa shape index (κ3) is 2.69. The van der Waals surface area contributed by atoms with Crippen molar-refractivity contribution in [3.8, 4) is 0 Å². The second-order valence-electron chi connectivity index (χ2n) is 4.37. The molecule has 1 saturated heterocycles. The molecule has 0 spiro atoms. The van der Waals surface area contributed by atoms with Crippen LogP contribution in [0.25, 0.3) is 0 Å². The van der Waals surface area contributed by atoms with E-state index in [-0.39, 0.29) is 0 Å². The highest BCUT2D eigenvalue weighted by molar-refractivity contribution is 5.13. The number of epoxide rings is 1. The van der Waals surface area contributed by atoms with E-state index >= 15 is 0 Å². The molecule has 0 radical (unpaired) electrons. The molecule has 1 rings (SSSR count). The summed E-state index contributed by atoms with van der Waals surface area (Å²) >= 11 is 0. The summed E-state index contributed by atoms with van der Waals surface area (Å²) in [6.45, 7) is 0. The van der Waals surface area contributed by atoms with Gasteiger partial charge in [-0.3, -0.25) is 0 Å². The highest BCUT2D eigenvalue weighted by atomic mass is 19.4. The van der Waals surface area contributed by atoms with Gasteiger partial charge in [-0.15, -0.1) is 0 Å². The Morgan fingerprint density at radius 3 is 1.09 bits per heavy atom. The van der Waals surface area contributed by atoms with Crippen molar-refractivity contribution in [1.82, 2.24) is 0 Å². The molecular weight excluding hydrogens is 378 g/mol. The molecule has 1 nitrogen and oxygen atoms in total. The minimum absolute atomic E-state index is 2.97. The van der Waals surface area contributed by atoms with Crippen molar-refractivity contribution in [3.05, 3.63) is 0 Å². The van der Waals surface area contributed by atoms with Crippen LogP contribution >= 0.6 is 0 Å². The van der Waals surface area contributed by atoms with Gasteiger partial charge in [0.05, 0.1) is 0 Å². The summed E-state index contributed by atoms with van der Waals surface area (Å²) in [5, 5.41) is 0. The molecule has 1 heterocycles. The number of ether oxygens (including phenoxy) is 1. The Hall–Kier alpha value is -1.02. The number of hydrogen-bond donors (Lipinski definition) is 0. The van der Waals surface area contributed by atoms with E-state index in [1.807, 2.05) is 0 Å². The molecule has 2 unspecified atom stereocenters. The van der Waals surface area contributed by atoms with E-state index < -0.39 is 48.3 Å². The van der Waals surface area contributed by atoms with E-state index in [0.29, 0.717) is 0 Å². The monoisotopic (exact) mass is 380 g/mol. The van der Waals surface area contributed by atoms with Gasteiger partial charge in [-0.05, 0) is 0 Å². The molecule has 0 amide bonds. The highest BCUT2D eigenvalue weighted by Crippen LogP contribution is 2.60. The number of alkyl halides is 14. The van der Waals surface area contributed by atoms with Crippen molar-refractivity contribution >= 4 is 0 Å². The van der Waals surface area contributed by atoms with Crippen molar-refractivity contribution in [2.24, 2.45) is 0 Å². The van der Waals surface area contributed by atoms with Crippen molar-refractivity contribution < 1.29 is 66.2 Å². The number of halogens is 14. The Morgan fingerprint density at radius 1 is 0.435 bits per heavy atom. The molecule has 0 aromatic carbocycles. The Balaban J connectivity index is 3.15. The van der Waals surface area contributed by atoms with Crippen LogP contribution in [0.3, 0.4) is 0 Å². The van der Waals surface area contributed by atoms with Crippen LogP contribution < -0.4 is 0 Å². The van der Waals surface area contributed by atoms with Crippen molar-refractivity contribution in [3.63, 3.8) is 0 Å². The van der Waals surface area contributed by atoms with E-state index in [9.17, 15) is 61.5 Å². The topological polar surface area (TPSA) is 12.5 Å². The standard InChI is InChI=1S/C8H2F14O/c9-3(10,5(13,14)6(15,16)8(20,21)22)1-2(23-1)4(11,12)7(17,18)19/h1-2H. The van der Waals surface area contributed by atoms with Crippen LogP contribution in [0.2, 0.25) is 0 Å². The predicted molar refractivity (Wildman–Crippen MR) is 40.6 cm³/mol. The van der Waals surface area contributed by atoms with E-state index in [0.717, 1.165) is 0 Å². The Labute approximate surface area is 116 Å². The van der Waals surface area contributed by atoms with Gasteiger partial charge < -0.3 is 4.74 Å². The zero-order chi connectivity index (χ0) is 18.9. The largest absolute Gasteiger partial charge is 0.460 e. The predicted octanol–water partition coefficient (Wildman–Crippen LogP) is 4.42. The van der Waals surface area contributed by atoms with Gasteiger partial charge in [-0.2, -0.15) is 61.5 Å². The summed E-state index contributed by atoms with van der Waals surface area (Å²) in [4.78, 5) is 0. The first-order valence-electron chi connectivity index (χ1n) is 5.03. The first-order valence-corrected chi connectivity index (χ1v) is 5.03. The van der Waals surface area contributed by atoms with E-state index in [1.165, 1.54) is 0 Å². The smallest absolute Gasteiger partial charge is 0.356 e. The lowest BCUT2D eigenvalue weighted by molar-refractivity contribution is -0.398. The quantitative estimate of drug-likeness (QED) is 0.520. The molecule has 15 heteroatoms. The van der Waals surface area contributed by atoms with Crippen LogP contribution in [0.4, 0.5) is 61.5 Å². The molecule has 138 valence electrons. The zero-order valence-corrected chi connectivity index (χ0v) is 9.85. The summed E-state index contributed by atoms with van der Waals surface area (Å²) in [6.07, 6.45) is -22.0. The van der Waals surface area contributed by atoms with Gasteiger partial charge in [0, 0.05) is 0 Å². The molecule has 23 heavy (non-hydrogen) atoms. The minimum Gasteiger partial charge on any atom is -0.356 e. The second kappa shape index (κ2) is 4.75. The average molecular weight is 380 g/mol. The Bertz CT molecular complexity index is 458. The molecule has 1 aliphatic rings. The van der Waals surface area contributed by atoms with Crippen molar-refractivity contribution in [1.29, 1.82) is 0 Å². The second-order valence-corrected chi connectivity index (χ2v) is 4.37. The molecule has 1 fully saturated rings. The fourth-order valence-corrected chi connectivity index (χ4v) is 1.39. The van der Waals surface area contributed by atoms with Crippen molar-refractivity contribution in [2.75, 3.05) is 0 Å². The highest BCUT2D eigenvalue weighted by Gasteiger charge is 2.88. The maximum atomic E-state index is 13.0. The molecule has 0 aromatic rings. The fourth-order valence-electron chi connectivity index (χ4n) is 1.39. The van der Waals surface area contributed by atoms with E-state index in [4.69, 9.17) is 0 Å². The van der Waals surface area contributed by atoms with Crippen LogP contribution in [0.15, 0.2) is 0 Å². The molecule has 0 aliphatic carbocycles. The first-order chi connectivity index (χ1) is 9.73. The Morgan fingerprint density at radius 2 is 0.783 bits per heavy atom. The van der Waals surface area contributed by atoms with Crippen molar-refractivity contribution in [2.45, 2.75) is 48.3 Å². The van der Waals surface area contributed by atoms with Gasteiger partial charge >= 0.3 is 36.0 Å². The van der Waals surface area contributed by atoms with Gasteiger partial charge in [0.1, 0.15) is 0 Å². The summed E-state index contributed by atoms with van der Waals surface area (Å²) < 4.78 is 175. The Kier molecular flexibility index (Phi) is 4.14. The summed E-state index contributed by atoms with van der Waals surface area (Å²) in [7, 11) is 0. The molecule has 0 N–H and O–H groups in total. The number of hydrogen-bond acceptors (Lipinski definition) is 1. The maximum Gasteiger partial charge on any atom is 0.460 e. The molecule has 1 aliphatic heterocycles. The van der Waals surface area contributed by atoms with E-state index in [1.54, 1.807) is 0 Å².